The lowest BCUT2D eigenvalue weighted by Crippen LogP contribution is -2.26. The third-order valence-electron chi connectivity index (χ3n) is 1.89. The Morgan fingerprint density at radius 3 is 2.43 bits per heavy atom. The molecule has 0 radical (unpaired) electrons. The van der Waals surface area contributed by atoms with Crippen LogP contribution in [0, 0.1) is 0 Å². The number of likely N-dealkylation sites (N-methyl/N-ethyl adjacent to an activating group) is 1. The molecule has 0 saturated carbocycles. The Balaban J connectivity index is 2.66. The molecule has 3 heteroatoms. The van der Waals surface area contributed by atoms with Crippen molar-refractivity contribution in [1.82, 2.24) is 4.90 Å². The number of carbonyl (C=O) groups excluding carboxylic acids is 1. The van der Waals surface area contributed by atoms with Crippen LogP contribution in [0.4, 0.5) is 0 Å². The molecule has 1 N–H and O–H groups in total. The van der Waals surface area contributed by atoms with E-state index in [1.165, 1.54) is 0 Å². The van der Waals surface area contributed by atoms with Crippen molar-refractivity contribution >= 4 is 5.78 Å². The van der Waals surface area contributed by atoms with E-state index in [4.69, 9.17) is 0 Å². The molecule has 0 aliphatic rings. The minimum absolute atomic E-state index is 0.179. The second-order valence-electron chi connectivity index (χ2n) is 3.52. The summed E-state index contributed by atoms with van der Waals surface area (Å²) in [7, 11) is 3.60. The zero-order valence-corrected chi connectivity index (χ0v) is 8.47. The van der Waals surface area contributed by atoms with Crippen molar-refractivity contribution in [1.29, 1.82) is 0 Å². The number of nitrogens with zero attached hydrogens (tertiary/aromatic N) is 1. The highest BCUT2D eigenvalue weighted by atomic mass is 16.3. The Morgan fingerprint density at radius 2 is 1.93 bits per heavy atom. The minimum Gasteiger partial charge on any atom is -0.380 e. The van der Waals surface area contributed by atoms with E-state index in [0.29, 0.717) is 5.56 Å². The summed E-state index contributed by atoms with van der Waals surface area (Å²) in [5, 5.41) is 9.66. The van der Waals surface area contributed by atoms with E-state index in [9.17, 15) is 9.90 Å². The number of benzene rings is 1. The normalized spacial score (nSPS) is 12.9. The number of Topliss-reactive ketones (excluding diaryl/α,β-unsaturated/α-hetero) is 1. The maximum Gasteiger partial charge on any atom is 0.179 e. The van der Waals surface area contributed by atoms with Gasteiger partial charge in [-0.25, -0.2) is 0 Å². The maximum absolute atomic E-state index is 11.5. The molecule has 0 heterocycles. The van der Waals surface area contributed by atoms with Gasteiger partial charge in [0.1, 0.15) is 6.10 Å². The quantitative estimate of drug-likeness (QED) is 0.770. The van der Waals surface area contributed by atoms with Crippen LogP contribution in [0.2, 0.25) is 0 Å². The van der Waals surface area contributed by atoms with Gasteiger partial charge >= 0.3 is 0 Å². The van der Waals surface area contributed by atoms with Crippen LogP contribution in [0.15, 0.2) is 30.3 Å². The molecule has 0 aliphatic heterocycles. The number of hydrogen-bond acceptors (Lipinski definition) is 3. The van der Waals surface area contributed by atoms with E-state index in [1.54, 1.807) is 31.1 Å². The number of carbonyl (C=O) groups is 1. The molecule has 0 aromatic heterocycles. The summed E-state index contributed by atoms with van der Waals surface area (Å²) in [5.41, 5.74) is 0.652. The first-order valence-corrected chi connectivity index (χ1v) is 4.51. The van der Waals surface area contributed by atoms with Crippen LogP contribution in [-0.4, -0.2) is 36.4 Å². The maximum atomic E-state index is 11.5. The highest BCUT2D eigenvalue weighted by Gasteiger charge is 2.16. The van der Waals surface area contributed by atoms with Crippen LogP contribution in [-0.2, 0) is 4.79 Å². The van der Waals surface area contributed by atoms with Crippen LogP contribution in [0.3, 0.4) is 0 Å². The molecule has 1 rings (SSSR count). The Morgan fingerprint density at radius 1 is 1.36 bits per heavy atom. The van der Waals surface area contributed by atoms with Gasteiger partial charge < -0.3 is 10.0 Å². The molecule has 3 nitrogen and oxygen atoms in total. The average Bonchev–Trinajstić information content (AvgIpc) is 2.17. The minimum atomic E-state index is -1.00. The Bertz CT molecular complexity index is 295. The highest BCUT2D eigenvalue weighted by Crippen LogP contribution is 2.12. The van der Waals surface area contributed by atoms with Gasteiger partial charge in [-0.3, -0.25) is 4.79 Å². The molecule has 1 unspecified atom stereocenters. The van der Waals surface area contributed by atoms with Gasteiger partial charge in [-0.2, -0.15) is 0 Å². The lowest BCUT2D eigenvalue weighted by Gasteiger charge is -2.13. The van der Waals surface area contributed by atoms with Crippen molar-refractivity contribution in [3.8, 4) is 0 Å². The van der Waals surface area contributed by atoms with Crippen molar-refractivity contribution in [2.75, 3.05) is 20.6 Å². The first kappa shape index (κ1) is 10.9. The van der Waals surface area contributed by atoms with Crippen LogP contribution in [0.1, 0.15) is 11.7 Å². The monoisotopic (exact) mass is 193 g/mol. The predicted molar refractivity (Wildman–Crippen MR) is 55.0 cm³/mol. The van der Waals surface area contributed by atoms with Gasteiger partial charge in [0.15, 0.2) is 5.78 Å². The number of aliphatic hydroxyl groups is 1. The van der Waals surface area contributed by atoms with Crippen LogP contribution >= 0.6 is 0 Å². The zero-order chi connectivity index (χ0) is 10.6. The van der Waals surface area contributed by atoms with Crippen LogP contribution in [0.25, 0.3) is 0 Å². The lowest BCUT2D eigenvalue weighted by molar-refractivity contribution is -0.128. The van der Waals surface area contributed by atoms with Crippen molar-refractivity contribution in [3.63, 3.8) is 0 Å². The fourth-order valence-corrected chi connectivity index (χ4v) is 1.22. The molecule has 0 fully saturated rings. The topological polar surface area (TPSA) is 40.5 Å². The van der Waals surface area contributed by atoms with Crippen molar-refractivity contribution in [3.05, 3.63) is 35.9 Å². The average molecular weight is 193 g/mol. The second-order valence-corrected chi connectivity index (χ2v) is 3.52. The molecule has 1 aromatic carbocycles. The standard InChI is InChI=1S/C11H15NO2/c1-12(2)8-10(13)11(14)9-6-4-3-5-7-9/h3-7,11,14H,8H2,1-2H3. The smallest absolute Gasteiger partial charge is 0.179 e. The van der Waals surface area contributed by atoms with E-state index in [-0.39, 0.29) is 12.3 Å². The van der Waals surface area contributed by atoms with E-state index in [2.05, 4.69) is 0 Å². The first-order valence-electron chi connectivity index (χ1n) is 4.51. The zero-order valence-electron chi connectivity index (χ0n) is 8.47. The summed E-state index contributed by atoms with van der Waals surface area (Å²) in [6.45, 7) is 0.260. The number of rotatable bonds is 4. The summed E-state index contributed by atoms with van der Waals surface area (Å²) < 4.78 is 0. The third kappa shape index (κ3) is 2.94. The van der Waals surface area contributed by atoms with Gasteiger partial charge in [0.05, 0.1) is 6.54 Å². The fourth-order valence-electron chi connectivity index (χ4n) is 1.22. The summed E-state index contributed by atoms with van der Waals surface area (Å²) >= 11 is 0. The largest absolute Gasteiger partial charge is 0.380 e. The molecule has 1 aromatic rings. The lowest BCUT2D eigenvalue weighted by atomic mass is 10.1. The summed E-state index contributed by atoms with van der Waals surface area (Å²) in [6, 6.07) is 8.96. The number of ketones is 1. The Kier molecular flexibility index (Phi) is 3.80. The Hall–Kier alpha value is -1.19. The van der Waals surface area contributed by atoms with Gasteiger partial charge in [0.2, 0.25) is 0 Å². The van der Waals surface area contributed by atoms with Crippen molar-refractivity contribution in [2.24, 2.45) is 0 Å². The molecule has 14 heavy (non-hydrogen) atoms. The fraction of sp³-hybridized carbons (Fsp3) is 0.364. The van der Waals surface area contributed by atoms with Gasteiger partial charge in [0, 0.05) is 0 Å². The van der Waals surface area contributed by atoms with E-state index in [1.807, 2.05) is 18.2 Å². The first-order chi connectivity index (χ1) is 6.61. The van der Waals surface area contributed by atoms with E-state index < -0.39 is 6.10 Å². The Labute approximate surface area is 84.0 Å². The summed E-state index contributed by atoms with van der Waals surface area (Å²) in [5.74, 6) is -0.179. The molecule has 0 spiro atoms. The molecule has 0 bridgehead atoms. The van der Waals surface area contributed by atoms with Crippen LogP contribution in [0.5, 0.6) is 0 Å². The van der Waals surface area contributed by atoms with E-state index >= 15 is 0 Å². The van der Waals surface area contributed by atoms with Gasteiger partial charge in [-0.05, 0) is 19.7 Å². The molecule has 0 aliphatic carbocycles. The van der Waals surface area contributed by atoms with Gasteiger partial charge in [0.25, 0.3) is 0 Å². The highest BCUT2D eigenvalue weighted by molar-refractivity contribution is 5.85. The van der Waals surface area contributed by atoms with Crippen molar-refractivity contribution in [2.45, 2.75) is 6.10 Å². The number of aliphatic hydroxyl groups excluding tert-OH is 1. The van der Waals surface area contributed by atoms with Crippen LogP contribution < -0.4 is 0 Å². The SMILES string of the molecule is CN(C)CC(=O)C(O)c1ccccc1. The molecule has 0 saturated heterocycles. The summed E-state index contributed by atoms with van der Waals surface area (Å²) in [6.07, 6.45) is -1.00. The number of hydrogen-bond donors (Lipinski definition) is 1. The molecule has 76 valence electrons. The molecule has 1 atom stereocenters. The predicted octanol–water partition coefficient (Wildman–Crippen LogP) is 0.851. The van der Waals surface area contributed by atoms with E-state index in [0.717, 1.165) is 0 Å². The molecule has 0 amide bonds. The van der Waals surface area contributed by atoms with Crippen molar-refractivity contribution < 1.29 is 9.90 Å². The van der Waals surface area contributed by atoms with Gasteiger partial charge in [-0.1, -0.05) is 30.3 Å². The summed E-state index contributed by atoms with van der Waals surface area (Å²) in [4.78, 5) is 13.2. The van der Waals surface area contributed by atoms with Gasteiger partial charge in [-0.15, -0.1) is 0 Å². The molecular weight excluding hydrogens is 178 g/mol. The second kappa shape index (κ2) is 4.88. The molecular formula is C11H15NO2. The third-order valence-corrected chi connectivity index (χ3v) is 1.89.